The van der Waals surface area contributed by atoms with Crippen LogP contribution in [0.5, 0.6) is 5.88 Å². The van der Waals surface area contributed by atoms with Crippen molar-refractivity contribution in [3.8, 4) is 5.88 Å². The number of aromatic nitrogens is 2. The summed E-state index contributed by atoms with van der Waals surface area (Å²) in [5.74, 6) is -0.445. The number of carbonyl (C=O) groups excluding carboxylic acids is 1. The van der Waals surface area contributed by atoms with E-state index in [1.54, 1.807) is 6.92 Å². The van der Waals surface area contributed by atoms with Gasteiger partial charge in [0.2, 0.25) is 5.88 Å². The maximum atomic E-state index is 11.6. The van der Waals surface area contributed by atoms with Gasteiger partial charge in [0.1, 0.15) is 5.69 Å². The van der Waals surface area contributed by atoms with Gasteiger partial charge in [-0.05, 0) is 6.42 Å². The van der Waals surface area contributed by atoms with Crippen LogP contribution in [-0.2, 0) is 30.0 Å². The van der Waals surface area contributed by atoms with Crippen LogP contribution in [0.15, 0.2) is 10.1 Å². The number of aryl methyl sites for hydroxylation is 1. The summed E-state index contributed by atoms with van der Waals surface area (Å²) in [6, 6.07) is 0. The van der Waals surface area contributed by atoms with E-state index in [0.717, 1.165) is 0 Å². The van der Waals surface area contributed by atoms with Crippen molar-refractivity contribution in [3.63, 3.8) is 0 Å². The molecule has 0 fully saturated rings. The Labute approximate surface area is 147 Å². The van der Waals surface area contributed by atoms with Gasteiger partial charge in [-0.25, -0.2) is 15.5 Å². The molecule has 2 N–H and O–H groups in total. The molecule has 0 unspecified atom stereocenters. The van der Waals surface area contributed by atoms with Gasteiger partial charge in [-0.1, -0.05) is 39.6 Å². The quantitative estimate of drug-likeness (QED) is 0.131. The minimum Gasteiger partial charge on any atom is -0.405 e. The Hall–Kier alpha value is -0.260. The molecule has 0 saturated heterocycles. The van der Waals surface area contributed by atoms with E-state index in [0.29, 0.717) is 40.6 Å². The van der Waals surface area contributed by atoms with Gasteiger partial charge < -0.3 is 4.74 Å². The topological polar surface area (TPSA) is 129 Å². The van der Waals surface area contributed by atoms with Gasteiger partial charge in [0.05, 0.1) is 30.5 Å². The van der Waals surface area contributed by atoms with Crippen LogP contribution in [0.4, 0.5) is 0 Å². The Morgan fingerprint density at radius 1 is 1.18 bits per heavy atom. The lowest BCUT2D eigenvalue weighted by Gasteiger charge is -2.10. The summed E-state index contributed by atoms with van der Waals surface area (Å²) in [4.78, 5) is 19.8. The van der Waals surface area contributed by atoms with E-state index in [9.17, 15) is 4.79 Å². The van der Waals surface area contributed by atoms with E-state index < -0.39 is 5.97 Å². The molecule has 124 valence electrons. The number of nitrogens with zero attached hydrogens (tertiary/aromatic N) is 2. The maximum absolute atomic E-state index is 11.6. The van der Waals surface area contributed by atoms with E-state index in [2.05, 4.69) is 28.7 Å². The summed E-state index contributed by atoms with van der Waals surface area (Å²) in [5.41, 5.74) is 0.389. The molecule has 0 spiro atoms. The van der Waals surface area contributed by atoms with Crippen molar-refractivity contribution in [1.82, 2.24) is 9.97 Å². The van der Waals surface area contributed by atoms with Gasteiger partial charge in [-0.3, -0.25) is 4.79 Å². The minimum atomic E-state index is -0.455. The number of esters is 1. The molecule has 13 heteroatoms. The summed E-state index contributed by atoms with van der Waals surface area (Å²) < 4.78 is 14.3. The molecule has 1 aromatic heterocycles. The highest BCUT2D eigenvalue weighted by Crippen LogP contribution is 2.32. The van der Waals surface area contributed by atoms with Gasteiger partial charge in [0.15, 0.2) is 10.1 Å². The van der Waals surface area contributed by atoms with Crippen LogP contribution in [0.25, 0.3) is 0 Å². The highest BCUT2D eigenvalue weighted by atomic mass is 127. The largest absolute Gasteiger partial charge is 0.405 e. The summed E-state index contributed by atoms with van der Waals surface area (Å²) in [6.07, 6.45) is 0.651. The number of rotatable bonds is 10. The van der Waals surface area contributed by atoms with Crippen LogP contribution in [0.1, 0.15) is 19.0 Å². The van der Waals surface area contributed by atoms with Crippen LogP contribution in [-0.4, -0.2) is 30.9 Å². The number of halogens is 1. The first-order valence-corrected chi connectivity index (χ1v) is 8.64. The normalized spacial score (nSPS) is 10.7. The first-order chi connectivity index (χ1) is 10.7. The monoisotopic (exact) mass is 466 g/mol. The highest BCUT2D eigenvalue weighted by molar-refractivity contribution is 14.1. The fourth-order valence-corrected chi connectivity index (χ4v) is 2.51. The molecule has 0 aliphatic heterocycles. The fraction of sp³-hybridized carbons (Fsp3) is 0.444. The predicted molar refractivity (Wildman–Crippen MR) is 81.9 cm³/mol. The predicted octanol–water partition coefficient (Wildman–Crippen LogP) is 2.63. The summed E-state index contributed by atoms with van der Waals surface area (Å²) in [6.45, 7) is 1.79. The molecular weight excluding hydrogens is 455 g/mol. The Morgan fingerprint density at radius 2 is 1.77 bits per heavy atom. The molecule has 0 atom stereocenters. The van der Waals surface area contributed by atoms with Gasteiger partial charge >= 0.3 is 5.97 Å². The first-order valence-electron chi connectivity index (χ1n) is 5.63. The SMILES string of the molecule is CCc1nc(SOOO)c(SOOO)nc1OC(=O)CCI. The van der Waals surface area contributed by atoms with Crippen molar-refractivity contribution in [3.05, 3.63) is 5.69 Å². The van der Waals surface area contributed by atoms with Gasteiger partial charge in [-0.2, -0.15) is 4.98 Å². The lowest BCUT2D eigenvalue weighted by molar-refractivity contribution is -0.432. The lowest BCUT2D eigenvalue weighted by Crippen LogP contribution is -2.12. The number of hydrogen-bond donors (Lipinski definition) is 2. The number of ether oxygens (including phenoxy) is 1. The van der Waals surface area contributed by atoms with Gasteiger partial charge in [0.25, 0.3) is 0 Å². The molecule has 0 amide bonds. The van der Waals surface area contributed by atoms with E-state index >= 15 is 0 Å². The van der Waals surface area contributed by atoms with Crippen molar-refractivity contribution >= 4 is 52.6 Å². The number of carbonyl (C=O) groups is 1. The van der Waals surface area contributed by atoms with E-state index in [1.165, 1.54) is 0 Å². The maximum Gasteiger partial charge on any atom is 0.313 e. The van der Waals surface area contributed by atoms with E-state index in [-0.39, 0.29) is 22.4 Å². The first kappa shape index (κ1) is 19.8. The van der Waals surface area contributed by atoms with Crippen LogP contribution < -0.4 is 4.74 Å². The fourth-order valence-electron chi connectivity index (χ4n) is 1.17. The molecule has 1 aromatic rings. The second kappa shape index (κ2) is 11.3. The van der Waals surface area contributed by atoms with Gasteiger partial charge in [-0.15, -0.1) is 8.67 Å². The Balaban J connectivity index is 3.05. The zero-order chi connectivity index (χ0) is 16.4. The number of alkyl halides is 1. The van der Waals surface area contributed by atoms with Crippen molar-refractivity contribution in [2.45, 2.75) is 29.8 Å². The van der Waals surface area contributed by atoms with Crippen LogP contribution in [0, 0.1) is 0 Å². The average Bonchev–Trinajstić information content (AvgIpc) is 2.51. The molecule has 0 saturated carbocycles. The molecule has 0 aliphatic carbocycles. The minimum absolute atomic E-state index is 0.00987. The summed E-state index contributed by atoms with van der Waals surface area (Å²) in [5, 5.41) is 23.6. The number of hydrogen-bond acceptors (Lipinski definition) is 12. The molecule has 1 heterocycles. The van der Waals surface area contributed by atoms with E-state index in [1.807, 2.05) is 22.6 Å². The van der Waals surface area contributed by atoms with Crippen molar-refractivity contribution in [2.24, 2.45) is 0 Å². The lowest BCUT2D eigenvalue weighted by atomic mass is 10.3. The zero-order valence-corrected chi connectivity index (χ0v) is 14.8. The van der Waals surface area contributed by atoms with Crippen molar-refractivity contribution < 1.29 is 38.8 Å². The van der Waals surface area contributed by atoms with Crippen LogP contribution in [0.3, 0.4) is 0 Å². The summed E-state index contributed by atoms with van der Waals surface area (Å²) in [7, 11) is 0. The molecule has 0 aromatic carbocycles. The molecule has 0 radical (unpaired) electrons. The molecule has 10 nitrogen and oxygen atoms in total. The molecule has 1 rings (SSSR count). The average molecular weight is 466 g/mol. The Kier molecular flexibility index (Phi) is 10.2. The third-order valence-electron chi connectivity index (χ3n) is 2.00. The second-order valence-corrected chi connectivity index (χ2v) is 5.76. The van der Waals surface area contributed by atoms with Crippen molar-refractivity contribution in [1.29, 1.82) is 0 Å². The standard InChI is InChI=1S/C9H11IN2O8S2/c1-2-5-7(16-6(13)3-4-10)12-9(22-20-18-15)8(11-5)21-19-17-14/h14-15H,2-4H2,1H3. The van der Waals surface area contributed by atoms with Crippen LogP contribution >= 0.6 is 46.7 Å². The molecule has 0 aliphatic rings. The smallest absolute Gasteiger partial charge is 0.313 e. The summed E-state index contributed by atoms with van der Waals surface area (Å²) >= 11 is 3.08. The van der Waals surface area contributed by atoms with Crippen LogP contribution in [0.2, 0.25) is 0 Å². The second-order valence-electron chi connectivity index (χ2n) is 3.30. The third-order valence-corrected chi connectivity index (χ3v) is 3.81. The third kappa shape index (κ3) is 6.47. The Morgan fingerprint density at radius 3 is 2.27 bits per heavy atom. The van der Waals surface area contributed by atoms with E-state index in [4.69, 9.17) is 15.3 Å². The zero-order valence-electron chi connectivity index (χ0n) is 11.1. The van der Waals surface area contributed by atoms with Gasteiger partial charge in [0, 0.05) is 4.43 Å². The Bertz CT molecular complexity index is 495. The molecule has 0 bridgehead atoms. The van der Waals surface area contributed by atoms with Crippen molar-refractivity contribution in [2.75, 3.05) is 4.43 Å². The molecule has 22 heavy (non-hydrogen) atoms. The molecular formula is C9H11IN2O8S2. The highest BCUT2D eigenvalue weighted by Gasteiger charge is 2.19.